The van der Waals surface area contributed by atoms with E-state index in [1.54, 1.807) is 0 Å². The molecule has 1 aliphatic carbocycles. The molecular formula is C14H20N2O6PtS. The standard InChI is InChI=1S/C8H8O6S.C6H14N2.Pt/c9-6-3-1-5(2-4-6)7(8(10)11)15(12,13)14;7-5-3-1-2-4-6(5)8;/h1-4,7,9H,(H,10,11)(H,12,13,14);5-6H,1-4,7-8H2;/q;;+2/p-2/t;5-,6-;/m.1./s1. The summed E-state index contributed by atoms with van der Waals surface area (Å²) in [6.45, 7) is 0. The van der Waals surface area contributed by atoms with Crippen LogP contribution in [-0.2, 0) is 36.0 Å². The fraction of sp³-hybridized carbons (Fsp3) is 0.500. The maximum atomic E-state index is 10.6. The molecule has 0 spiro atoms. The molecule has 138 valence electrons. The topological polar surface area (TPSA) is 170 Å². The number of aliphatic carboxylic acids is 1. The van der Waals surface area contributed by atoms with Crippen LogP contribution in [-0.4, -0.2) is 36.1 Å². The Morgan fingerprint density at radius 3 is 1.83 bits per heavy atom. The monoisotopic (exact) mass is 539 g/mol. The summed E-state index contributed by atoms with van der Waals surface area (Å²) in [6, 6.07) is 4.79. The molecule has 0 saturated heterocycles. The molecule has 1 fully saturated rings. The van der Waals surface area contributed by atoms with Crippen LogP contribution in [0.5, 0.6) is 5.75 Å². The van der Waals surface area contributed by atoms with Crippen molar-refractivity contribution in [1.29, 1.82) is 0 Å². The molecule has 24 heavy (non-hydrogen) atoms. The molecule has 2 rings (SSSR count). The van der Waals surface area contributed by atoms with Crippen molar-refractivity contribution in [3.8, 4) is 5.75 Å². The van der Waals surface area contributed by atoms with Crippen molar-refractivity contribution >= 4 is 16.1 Å². The average molecular weight is 539 g/mol. The summed E-state index contributed by atoms with van der Waals surface area (Å²) < 4.78 is 31.9. The summed E-state index contributed by atoms with van der Waals surface area (Å²) in [7, 11) is -5.02. The van der Waals surface area contributed by atoms with Crippen molar-refractivity contribution in [2.24, 2.45) is 11.5 Å². The van der Waals surface area contributed by atoms with Crippen LogP contribution in [0, 0.1) is 0 Å². The van der Waals surface area contributed by atoms with Crippen molar-refractivity contribution in [2.45, 2.75) is 43.0 Å². The van der Waals surface area contributed by atoms with E-state index in [4.69, 9.17) is 16.6 Å². The fourth-order valence-electron chi connectivity index (χ4n) is 2.26. The Morgan fingerprint density at radius 1 is 1.12 bits per heavy atom. The van der Waals surface area contributed by atoms with E-state index in [9.17, 15) is 22.9 Å². The number of nitrogens with two attached hydrogens (primary N) is 2. The normalized spacial score (nSPS) is 21.6. The van der Waals surface area contributed by atoms with Gasteiger partial charge in [0.25, 0.3) is 0 Å². The van der Waals surface area contributed by atoms with Crippen molar-refractivity contribution in [2.75, 3.05) is 0 Å². The van der Waals surface area contributed by atoms with E-state index in [2.05, 4.69) is 0 Å². The zero-order chi connectivity index (χ0) is 17.6. The van der Waals surface area contributed by atoms with E-state index in [-0.39, 0.29) is 44.5 Å². The third-order valence-corrected chi connectivity index (χ3v) is 4.62. The molecule has 1 aromatic rings. The first-order valence-corrected chi connectivity index (χ1v) is 8.55. The number of carbonyl (C=O) groups is 1. The van der Waals surface area contributed by atoms with Crippen molar-refractivity contribution in [3.63, 3.8) is 0 Å². The number of rotatable bonds is 3. The maximum Gasteiger partial charge on any atom is 2.00 e. The molecule has 0 amide bonds. The van der Waals surface area contributed by atoms with E-state index < -0.39 is 21.3 Å². The van der Waals surface area contributed by atoms with Gasteiger partial charge in [0.1, 0.15) is 21.1 Å². The van der Waals surface area contributed by atoms with Crippen LogP contribution in [0.4, 0.5) is 0 Å². The summed E-state index contributed by atoms with van der Waals surface area (Å²) in [6.07, 6.45) is 4.80. The third kappa shape index (κ3) is 7.27. The van der Waals surface area contributed by atoms with E-state index in [1.165, 1.54) is 12.8 Å². The Bertz CT molecular complexity index is 613. The van der Waals surface area contributed by atoms with Gasteiger partial charge in [-0.2, -0.15) is 0 Å². The molecule has 0 radical (unpaired) electrons. The molecule has 10 heteroatoms. The average Bonchev–Trinajstić information content (AvgIpc) is 2.43. The molecule has 0 bridgehead atoms. The van der Waals surface area contributed by atoms with Crippen LogP contribution in [0.1, 0.15) is 36.5 Å². The Hall–Kier alpha value is -0.992. The van der Waals surface area contributed by atoms with E-state index >= 15 is 0 Å². The van der Waals surface area contributed by atoms with Crippen molar-refractivity contribution in [1.82, 2.24) is 0 Å². The van der Waals surface area contributed by atoms with Crippen LogP contribution in [0.3, 0.4) is 0 Å². The van der Waals surface area contributed by atoms with E-state index in [0.717, 1.165) is 37.1 Å². The SMILES string of the molecule is N[C@@H]1CCCC[C@H]1N.O=C([O-])C(c1ccc(O)cc1)S(=O)(=O)[O-].[Pt+2]. The fourth-order valence-corrected chi connectivity index (χ4v) is 2.98. The predicted octanol–water partition coefficient (Wildman–Crippen LogP) is -1.06. The van der Waals surface area contributed by atoms with Crippen molar-refractivity contribution < 1.29 is 49.0 Å². The van der Waals surface area contributed by atoms with Crippen LogP contribution >= 0.6 is 0 Å². The molecule has 0 aliphatic heterocycles. The van der Waals surface area contributed by atoms with Crippen LogP contribution in [0.2, 0.25) is 0 Å². The molecular weight excluding hydrogens is 519 g/mol. The summed E-state index contributed by atoms with van der Waals surface area (Å²) in [5.41, 5.74) is 11.1. The molecule has 1 aliphatic rings. The minimum absolute atomic E-state index is 0. The molecule has 1 unspecified atom stereocenters. The minimum Gasteiger partial charge on any atom is -0.747 e. The first-order chi connectivity index (χ1) is 10.6. The molecule has 5 N–H and O–H groups in total. The van der Waals surface area contributed by atoms with Gasteiger partial charge in [-0.05, 0) is 30.5 Å². The first-order valence-electron chi connectivity index (χ1n) is 7.08. The first kappa shape index (κ1) is 23.0. The molecule has 1 aromatic carbocycles. The molecule has 3 atom stereocenters. The second-order valence-electron chi connectivity index (χ2n) is 5.40. The third-order valence-electron chi connectivity index (χ3n) is 3.57. The van der Waals surface area contributed by atoms with Gasteiger partial charge in [-0.1, -0.05) is 25.0 Å². The number of carboxylic acid groups (broad SMARTS) is 1. The summed E-state index contributed by atoms with van der Waals surface area (Å²) in [5, 5.41) is 17.1. The van der Waals surface area contributed by atoms with Gasteiger partial charge in [-0.15, -0.1) is 0 Å². The van der Waals surface area contributed by atoms with Gasteiger partial charge in [0.15, 0.2) is 0 Å². The number of aromatic hydroxyl groups is 1. The second kappa shape index (κ2) is 10.1. The second-order valence-corrected chi connectivity index (χ2v) is 6.85. The van der Waals surface area contributed by atoms with Gasteiger partial charge in [-0.25, -0.2) is 8.42 Å². The Labute approximate surface area is 155 Å². The van der Waals surface area contributed by atoms with Crippen LogP contribution in [0.15, 0.2) is 24.3 Å². The van der Waals surface area contributed by atoms with Crippen molar-refractivity contribution in [3.05, 3.63) is 29.8 Å². The number of hydrogen-bond donors (Lipinski definition) is 3. The predicted molar refractivity (Wildman–Crippen MR) is 80.0 cm³/mol. The number of hydrogen-bond acceptors (Lipinski definition) is 8. The molecule has 0 aromatic heterocycles. The summed E-state index contributed by atoms with van der Waals surface area (Å²) in [4.78, 5) is 10.5. The number of benzene rings is 1. The Kier molecular flexibility index (Phi) is 9.68. The number of phenols is 1. The van der Waals surface area contributed by atoms with Gasteiger partial charge in [0.2, 0.25) is 0 Å². The molecule has 0 heterocycles. The minimum atomic E-state index is -5.02. The van der Waals surface area contributed by atoms with Gasteiger partial charge in [0.05, 0.1) is 5.97 Å². The number of carboxylic acids is 1. The molecule has 1 saturated carbocycles. The maximum absolute atomic E-state index is 10.6. The summed E-state index contributed by atoms with van der Waals surface area (Å²) >= 11 is 0. The van der Waals surface area contributed by atoms with Gasteiger partial charge >= 0.3 is 21.1 Å². The van der Waals surface area contributed by atoms with Gasteiger partial charge in [-0.3, -0.25) is 0 Å². The van der Waals surface area contributed by atoms with Crippen LogP contribution < -0.4 is 16.6 Å². The number of carbonyl (C=O) groups excluding carboxylic acids is 1. The number of phenolic OH excluding ortho intramolecular Hbond substituents is 1. The smallest absolute Gasteiger partial charge is 0.747 e. The quantitative estimate of drug-likeness (QED) is 0.408. The van der Waals surface area contributed by atoms with Gasteiger partial charge < -0.3 is 31.0 Å². The Balaban J connectivity index is 0.000000498. The van der Waals surface area contributed by atoms with Gasteiger partial charge in [0, 0.05) is 12.1 Å². The zero-order valence-corrected chi connectivity index (χ0v) is 15.8. The van der Waals surface area contributed by atoms with Crippen LogP contribution in [0.25, 0.3) is 0 Å². The van der Waals surface area contributed by atoms with E-state index in [1.807, 2.05) is 0 Å². The van der Waals surface area contributed by atoms with E-state index in [0.29, 0.717) is 0 Å². The molecule has 8 nitrogen and oxygen atoms in total. The zero-order valence-electron chi connectivity index (χ0n) is 12.7. The summed E-state index contributed by atoms with van der Waals surface area (Å²) in [5.74, 6) is -2.16. The Morgan fingerprint density at radius 2 is 1.54 bits per heavy atom. The largest absolute Gasteiger partial charge is 2.00 e.